The first kappa shape index (κ1) is 9.47. The number of aromatic nitrogens is 1. The third-order valence-electron chi connectivity index (χ3n) is 2.98. The molecule has 1 aromatic heterocycles. The molecule has 0 bridgehead atoms. The molecule has 0 radical (unpaired) electrons. The zero-order chi connectivity index (χ0) is 9.15. The number of halogens is 1. The standard InChI is InChI=1S/C10H14ClNS/c11-7-10(3-1-2-4-10)5-9-6-12-8-13-9/h6,8H,1-5,7H2. The van der Waals surface area contributed by atoms with E-state index in [-0.39, 0.29) is 0 Å². The summed E-state index contributed by atoms with van der Waals surface area (Å²) in [5.41, 5.74) is 2.31. The van der Waals surface area contributed by atoms with Gasteiger partial charge in [0.1, 0.15) is 0 Å². The van der Waals surface area contributed by atoms with Crippen LogP contribution in [0.1, 0.15) is 30.6 Å². The highest BCUT2D eigenvalue weighted by atomic mass is 35.5. The quantitative estimate of drug-likeness (QED) is 0.704. The van der Waals surface area contributed by atoms with Crippen LogP contribution in [0.25, 0.3) is 0 Å². The van der Waals surface area contributed by atoms with Gasteiger partial charge in [-0.25, -0.2) is 0 Å². The Bertz CT molecular complexity index is 252. The van der Waals surface area contributed by atoms with Gasteiger partial charge < -0.3 is 0 Å². The first-order chi connectivity index (χ1) is 6.35. The van der Waals surface area contributed by atoms with Crippen LogP contribution in [0.15, 0.2) is 11.7 Å². The Morgan fingerprint density at radius 2 is 2.23 bits per heavy atom. The van der Waals surface area contributed by atoms with E-state index in [1.807, 2.05) is 11.7 Å². The highest BCUT2D eigenvalue weighted by Crippen LogP contribution is 2.42. The fraction of sp³-hybridized carbons (Fsp3) is 0.700. The van der Waals surface area contributed by atoms with Gasteiger partial charge in [0.2, 0.25) is 0 Å². The van der Waals surface area contributed by atoms with Crippen molar-refractivity contribution in [1.29, 1.82) is 0 Å². The molecule has 0 aromatic carbocycles. The van der Waals surface area contributed by atoms with Crippen molar-refractivity contribution in [2.75, 3.05) is 5.88 Å². The normalized spacial score (nSPS) is 20.7. The van der Waals surface area contributed by atoms with E-state index in [4.69, 9.17) is 11.6 Å². The van der Waals surface area contributed by atoms with Gasteiger partial charge in [0.25, 0.3) is 0 Å². The first-order valence-corrected chi connectivity index (χ1v) is 6.19. The van der Waals surface area contributed by atoms with E-state index in [0.29, 0.717) is 5.41 Å². The van der Waals surface area contributed by atoms with Crippen LogP contribution >= 0.6 is 22.9 Å². The third kappa shape index (κ3) is 2.05. The molecule has 0 unspecified atom stereocenters. The summed E-state index contributed by atoms with van der Waals surface area (Å²) in [4.78, 5) is 5.50. The molecule has 2 rings (SSSR count). The Hall–Kier alpha value is -0.0800. The van der Waals surface area contributed by atoms with Gasteiger partial charge in [-0.2, -0.15) is 0 Å². The molecule has 0 aliphatic heterocycles. The van der Waals surface area contributed by atoms with Gasteiger partial charge in [-0.1, -0.05) is 12.8 Å². The molecule has 0 N–H and O–H groups in total. The third-order valence-corrected chi connectivity index (χ3v) is 4.33. The molecule has 1 fully saturated rings. The van der Waals surface area contributed by atoms with E-state index in [1.165, 1.54) is 30.6 Å². The van der Waals surface area contributed by atoms with E-state index in [2.05, 4.69) is 4.98 Å². The second-order valence-corrected chi connectivity index (χ2v) is 5.22. The molecule has 1 aliphatic rings. The van der Waals surface area contributed by atoms with E-state index < -0.39 is 0 Å². The molecular weight excluding hydrogens is 202 g/mol. The van der Waals surface area contributed by atoms with Crippen LogP contribution in [0.5, 0.6) is 0 Å². The van der Waals surface area contributed by atoms with Gasteiger partial charge >= 0.3 is 0 Å². The van der Waals surface area contributed by atoms with E-state index in [0.717, 1.165) is 12.3 Å². The highest BCUT2D eigenvalue weighted by molar-refractivity contribution is 7.09. The van der Waals surface area contributed by atoms with Crippen molar-refractivity contribution in [3.05, 3.63) is 16.6 Å². The van der Waals surface area contributed by atoms with Crippen molar-refractivity contribution >= 4 is 22.9 Å². The smallest absolute Gasteiger partial charge is 0.0794 e. The summed E-state index contributed by atoms with van der Waals surface area (Å²) in [7, 11) is 0. The second kappa shape index (κ2) is 3.97. The topological polar surface area (TPSA) is 12.9 Å². The fourth-order valence-corrected chi connectivity index (χ4v) is 3.31. The van der Waals surface area contributed by atoms with Crippen molar-refractivity contribution in [1.82, 2.24) is 4.98 Å². The number of nitrogens with zero attached hydrogens (tertiary/aromatic N) is 1. The maximum atomic E-state index is 6.07. The van der Waals surface area contributed by atoms with E-state index >= 15 is 0 Å². The zero-order valence-corrected chi connectivity index (χ0v) is 9.20. The maximum Gasteiger partial charge on any atom is 0.0794 e. The van der Waals surface area contributed by atoms with E-state index in [9.17, 15) is 0 Å². The molecule has 0 spiro atoms. The summed E-state index contributed by atoms with van der Waals surface area (Å²) in [5.74, 6) is 0.810. The van der Waals surface area contributed by atoms with Gasteiger partial charge in [0.15, 0.2) is 0 Å². The lowest BCUT2D eigenvalue weighted by atomic mass is 9.84. The minimum Gasteiger partial charge on any atom is -0.253 e. The molecule has 1 aromatic rings. The molecule has 13 heavy (non-hydrogen) atoms. The highest BCUT2D eigenvalue weighted by Gasteiger charge is 2.33. The number of hydrogen-bond acceptors (Lipinski definition) is 2. The lowest BCUT2D eigenvalue weighted by Gasteiger charge is -2.25. The van der Waals surface area contributed by atoms with Crippen LogP contribution in [0.2, 0.25) is 0 Å². The largest absolute Gasteiger partial charge is 0.253 e. The minimum atomic E-state index is 0.397. The summed E-state index contributed by atoms with van der Waals surface area (Å²) in [6, 6.07) is 0. The summed E-state index contributed by atoms with van der Waals surface area (Å²) in [6.45, 7) is 0. The maximum absolute atomic E-state index is 6.07. The Morgan fingerprint density at radius 3 is 2.77 bits per heavy atom. The lowest BCUT2D eigenvalue weighted by Crippen LogP contribution is -2.21. The number of thiazole rings is 1. The van der Waals surface area contributed by atoms with Crippen molar-refractivity contribution in [3.8, 4) is 0 Å². The number of rotatable bonds is 3. The van der Waals surface area contributed by atoms with E-state index in [1.54, 1.807) is 11.3 Å². The zero-order valence-electron chi connectivity index (χ0n) is 7.63. The first-order valence-electron chi connectivity index (χ1n) is 4.78. The van der Waals surface area contributed by atoms with Gasteiger partial charge in [0.05, 0.1) is 5.51 Å². The predicted octanol–water partition coefficient (Wildman–Crippen LogP) is 3.48. The molecule has 1 nitrogen and oxygen atoms in total. The summed E-state index contributed by atoms with van der Waals surface area (Å²) >= 11 is 7.82. The van der Waals surface area contributed by atoms with Gasteiger partial charge in [-0.15, -0.1) is 22.9 Å². The number of hydrogen-bond donors (Lipinski definition) is 0. The molecule has 0 saturated heterocycles. The van der Waals surface area contributed by atoms with Crippen molar-refractivity contribution < 1.29 is 0 Å². The molecular formula is C10H14ClNS. The Morgan fingerprint density at radius 1 is 1.46 bits per heavy atom. The van der Waals surface area contributed by atoms with Gasteiger partial charge in [-0.05, 0) is 24.7 Å². The molecule has 0 atom stereocenters. The van der Waals surface area contributed by atoms with Crippen LogP contribution in [0.3, 0.4) is 0 Å². The monoisotopic (exact) mass is 215 g/mol. The molecule has 3 heteroatoms. The van der Waals surface area contributed by atoms with Gasteiger partial charge in [0, 0.05) is 17.0 Å². The second-order valence-electron chi connectivity index (χ2n) is 3.99. The lowest BCUT2D eigenvalue weighted by molar-refractivity contribution is 0.343. The molecule has 72 valence electrons. The SMILES string of the molecule is ClCC1(Cc2cncs2)CCCC1. The summed E-state index contributed by atoms with van der Waals surface area (Å²) < 4.78 is 0. The van der Waals surface area contributed by atoms with Crippen LogP contribution in [-0.2, 0) is 6.42 Å². The molecule has 1 saturated carbocycles. The van der Waals surface area contributed by atoms with Crippen molar-refractivity contribution in [2.24, 2.45) is 5.41 Å². The average Bonchev–Trinajstić information content (AvgIpc) is 2.77. The van der Waals surface area contributed by atoms with Crippen molar-refractivity contribution in [2.45, 2.75) is 32.1 Å². The predicted molar refractivity (Wildman–Crippen MR) is 57.4 cm³/mol. The average molecular weight is 216 g/mol. The number of alkyl halides is 1. The van der Waals surface area contributed by atoms with Crippen molar-refractivity contribution in [3.63, 3.8) is 0 Å². The summed E-state index contributed by atoms with van der Waals surface area (Å²) in [6.07, 6.45) is 8.43. The fourth-order valence-electron chi connectivity index (χ4n) is 2.18. The van der Waals surface area contributed by atoms with Crippen LogP contribution in [0.4, 0.5) is 0 Å². The molecule has 1 aliphatic carbocycles. The summed E-state index contributed by atoms with van der Waals surface area (Å²) in [5, 5.41) is 0. The Balaban J connectivity index is 2.06. The Kier molecular flexibility index (Phi) is 2.89. The Labute approximate surface area is 88.1 Å². The van der Waals surface area contributed by atoms with Crippen LogP contribution in [-0.4, -0.2) is 10.9 Å². The molecule has 0 amide bonds. The molecule has 1 heterocycles. The van der Waals surface area contributed by atoms with Crippen LogP contribution in [0, 0.1) is 5.41 Å². The minimum absolute atomic E-state index is 0.397. The van der Waals surface area contributed by atoms with Crippen LogP contribution < -0.4 is 0 Å². The van der Waals surface area contributed by atoms with Gasteiger partial charge in [-0.3, -0.25) is 4.98 Å².